The second-order valence-electron chi connectivity index (χ2n) is 1.75. The molecular formula is C8H13NS. The molecule has 0 amide bonds. The van der Waals surface area contributed by atoms with Crippen LogP contribution in [0.2, 0.25) is 0 Å². The molecule has 1 heterocycles. The summed E-state index contributed by atoms with van der Waals surface area (Å²) in [5.74, 6) is 1.01. The van der Waals surface area contributed by atoms with Crippen LogP contribution in [0.4, 0.5) is 0 Å². The monoisotopic (exact) mass is 155 g/mol. The molecule has 0 aliphatic carbocycles. The van der Waals surface area contributed by atoms with Gasteiger partial charge in [0.2, 0.25) is 0 Å². The molecule has 10 heavy (non-hydrogen) atoms. The van der Waals surface area contributed by atoms with E-state index >= 15 is 0 Å². The van der Waals surface area contributed by atoms with Crippen LogP contribution >= 0.6 is 12.6 Å². The molecule has 2 heteroatoms. The van der Waals surface area contributed by atoms with Gasteiger partial charge in [-0.2, -0.15) is 12.6 Å². The van der Waals surface area contributed by atoms with Gasteiger partial charge in [0.15, 0.2) is 0 Å². The molecule has 1 rings (SSSR count). The van der Waals surface area contributed by atoms with E-state index in [1.807, 2.05) is 18.2 Å². The Morgan fingerprint density at radius 1 is 1.20 bits per heavy atom. The lowest BCUT2D eigenvalue weighted by Crippen LogP contribution is -1.58. The molecule has 0 fully saturated rings. The van der Waals surface area contributed by atoms with Crippen molar-refractivity contribution in [1.29, 1.82) is 0 Å². The van der Waals surface area contributed by atoms with Gasteiger partial charge in [0.1, 0.15) is 0 Å². The maximum atomic E-state index is 3.92. The van der Waals surface area contributed by atoms with Crippen molar-refractivity contribution in [3.05, 3.63) is 30.6 Å². The molecular weight excluding hydrogens is 142 g/mol. The number of hydrogen-bond acceptors (Lipinski definition) is 2. The zero-order chi connectivity index (χ0) is 7.66. The minimum atomic E-state index is 1.01. The summed E-state index contributed by atoms with van der Waals surface area (Å²) in [5.41, 5.74) is 0. The minimum Gasteiger partial charge on any atom is -0.265 e. The van der Waals surface area contributed by atoms with Gasteiger partial charge in [0.05, 0.1) is 0 Å². The van der Waals surface area contributed by atoms with Crippen LogP contribution in [-0.4, -0.2) is 10.7 Å². The van der Waals surface area contributed by atoms with Gasteiger partial charge in [-0.1, -0.05) is 13.0 Å². The minimum absolute atomic E-state index is 1.01. The largest absolute Gasteiger partial charge is 0.265 e. The smallest absolute Gasteiger partial charge is 0.0267 e. The van der Waals surface area contributed by atoms with Crippen molar-refractivity contribution in [2.75, 3.05) is 5.75 Å². The fraction of sp³-hybridized carbons (Fsp3) is 0.375. The number of hydrogen-bond donors (Lipinski definition) is 1. The quantitative estimate of drug-likeness (QED) is 0.614. The Hall–Kier alpha value is -0.500. The van der Waals surface area contributed by atoms with Crippen LogP contribution in [0.1, 0.15) is 13.3 Å². The Morgan fingerprint density at radius 2 is 1.70 bits per heavy atom. The Labute approximate surface area is 67.9 Å². The van der Waals surface area contributed by atoms with E-state index in [1.54, 1.807) is 12.4 Å². The Balaban J connectivity index is 0.000000180. The van der Waals surface area contributed by atoms with Crippen LogP contribution < -0.4 is 0 Å². The Kier molecular flexibility index (Phi) is 8.07. The first-order valence-corrected chi connectivity index (χ1v) is 4.01. The van der Waals surface area contributed by atoms with E-state index in [0.717, 1.165) is 5.75 Å². The Morgan fingerprint density at radius 3 is 1.80 bits per heavy atom. The summed E-state index contributed by atoms with van der Waals surface area (Å²) in [5, 5.41) is 0. The first-order chi connectivity index (χ1) is 4.91. The lowest BCUT2D eigenvalue weighted by atomic mass is 10.5. The average molecular weight is 155 g/mol. The zero-order valence-electron chi connectivity index (χ0n) is 6.20. The summed E-state index contributed by atoms with van der Waals surface area (Å²) in [6.45, 7) is 2.10. The summed E-state index contributed by atoms with van der Waals surface area (Å²) in [6, 6.07) is 5.72. The number of rotatable bonds is 1. The van der Waals surface area contributed by atoms with E-state index in [0.29, 0.717) is 0 Å². The van der Waals surface area contributed by atoms with E-state index in [1.165, 1.54) is 6.42 Å². The highest BCUT2D eigenvalue weighted by atomic mass is 32.1. The highest BCUT2D eigenvalue weighted by Crippen LogP contribution is 1.74. The molecule has 0 N–H and O–H groups in total. The van der Waals surface area contributed by atoms with Gasteiger partial charge in [0, 0.05) is 12.4 Å². The fourth-order valence-corrected chi connectivity index (χ4v) is 0.313. The van der Waals surface area contributed by atoms with Gasteiger partial charge >= 0.3 is 0 Å². The third-order valence-corrected chi connectivity index (χ3v) is 1.24. The average Bonchev–Trinajstić information content (AvgIpc) is 2.08. The molecule has 1 aromatic heterocycles. The SMILES string of the molecule is CCCS.c1ccncc1. The van der Waals surface area contributed by atoms with Gasteiger partial charge in [-0.3, -0.25) is 4.98 Å². The van der Waals surface area contributed by atoms with Crippen LogP contribution in [0.5, 0.6) is 0 Å². The van der Waals surface area contributed by atoms with Crippen molar-refractivity contribution in [2.24, 2.45) is 0 Å². The van der Waals surface area contributed by atoms with Crippen LogP contribution in [0, 0.1) is 0 Å². The first-order valence-electron chi connectivity index (χ1n) is 3.37. The predicted octanol–water partition coefficient (Wildman–Crippen LogP) is 2.41. The highest BCUT2D eigenvalue weighted by Gasteiger charge is 1.58. The lowest BCUT2D eigenvalue weighted by Gasteiger charge is -1.70. The van der Waals surface area contributed by atoms with E-state index < -0.39 is 0 Å². The van der Waals surface area contributed by atoms with Crippen molar-refractivity contribution < 1.29 is 0 Å². The molecule has 1 aromatic rings. The highest BCUT2D eigenvalue weighted by molar-refractivity contribution is 7.80. The maximum Gasteiger partial charge on any atom is 0.0267 e. The van der Waals surface area contributed by atoms with Crippen LogP contribution in [-0.2, 0) is 0 Å². The van der Waals surface area contributed by atoms with Crippen molar-refractivity contribution in [1.82, 2.24) is 4.98 Å². The second kappa shape index (κ2) is 8.50. The predicted molar refractivity (Wildman–Crippen MR) is 48.4 cm³/mol. The zero-order valence-corrected chi connectivity index (χ0v) is 7.09. The number of thiol groups is 1. The van der Waals surface area contributed by atoms with Gasteiger partial charge in [-0.25, -0.2) is 0 Å². The molecule has 0 aliphatic rings. The molecule has 0 radical (unpaired) electrons. The van der Waals surface area contributed by atoms with E-state index in [9.17, 15) is 0 Å². The fourth-order valence-electron chi connectivity index (χ4n) is 0.313. The summed E-state index contributed by atoms with van der Waals surface area (Å²) in [6.07, 6.45) is 4.68. The third-order valence-electron chi connectivity index (χ3n) is 0.790. The van der Waals surface area contributed by atoms with Crippen LogP contribution in [0.15, 0.2) is 30.6 Å². The summed E-state index contributed by atoms with van der Waals surface area (Å²) >= 11 is 3.92. The second-order valence-corrected chi connectivity index (χ2v) is 2.20. The van der Waals surface area contributed by atoms with E-state index in [-0.39, 0.29) is 0 Å². The van der Waals surface area contributed by atoms with Gasteiger partial charge < -0.3 is 0 Å². The van der Waals surface area contributed by atoms with E-state index in [2.05, 4.69) is 24.5 Å². The molecule has 0 aliphatic heterocycles. The van der Waals surface area contributed by atoms with Gasteiger partial charge in [0.25, 0.3) is 0 Å². The van der Waals surface area contributed by atoms with E-state index in [4.69, 9.17) is 0 Å². The first kappa shape index (κ1) is 9.50. The summed E-state index contributed by atoms with van der Waals surface area (Å²) < 4.78 is 0. The number of pyridine rings is 1. The molecule has 1 nitrogen and oxygen atoms in total. The van der Waals surface area contributed by atoms with Gasteiger partial charge in [-0.15, -0.1) is 0 Å². The van der Waals surface area contributed by atoms with Crippen molar-refractivity contribution in [2.45, 2.75) is 13.3 Å². The lowest BCUT2D eigenvalue weighted by molar-refractivity contribution is 1.11. The maximum absolute atomic E-state index is 3.92. The van der Waals surface area contributed by atoms with Crippen molar-refractivity contribution in [3.63, 3.8) is 0 Å². The van der Waals surface area contributed by atoms with Crippen molar-refractivity contribution in [3.8, 4) is 0 Å². The molecule has 0 aromatic carbocycles. The number of nitrogens with zero attached hydrogens (tertiary/aromatic N) is 1. The molecule has 0 saturated carbocycles. The molecule has 0 saturated heterocycles. The molecule has 0 atom stereocenters. The molecule has 0 unspecified atom stereocenters. The standard InChI is InChI=1S/C5H5N.C3H8S/c1-2-4-6-5-3-1;1-2-3-4/h1-5H;4H,2-3H2,1H3. The molecule has 56 valence electrons. The summed E-state index contributed by atoms with van der Waals surface area (Å²) in [7, 11) is 0. The molecule has 0 bridgehead atoms. The normalized spacial score (nSPS) is 7.80. The third kappa shape index (κ3) is 7.50. The summed E-state index contributed by atoms with van der Waals surface area (Å²) in [4.78, 5) is 3.78. The number of aromatic nitrogens is 1. The van der Waals surface area contributed by atoms with Crippen LogP contribution in [0.3, 0.4) is 0 Å². The molecule has 0 spiro atoms. The van der Waals surface area contributed by atoms with Crippen molar-refractivity contribution >= 4 is 12.6 Å². The van der Waals surface area contributed by atoms with Gasteiger partial charge in [-0.05, 0) is 24.3 Å². The van der Waals surface area contributed by atoms with Crippen LogP contribution in [0.25, 0.3) is 0 Å². The topological polar surface area (TPSA) is 12.9 Å². The Bertz CT molecular complexity index is 101.